The molecule has 0 amide bonds. The molecular weight excluding hydrogens is 218 g/mol. The van der Waals surface area contributed by atoms with E-state index in [9.17, 15) is 9.59 Å². The van der Waals surface area contributed by atoms with Gasteiger partial charge in [0.25, 0.3) is 5.78 Å². The Morgan fingerprint density at radius 3 is 2.67 bits per heavy atom. The van der Waals surface area contributed by atoms with E-state index in [0.717, 1.165) is 0 Å². The predicted molar refractivity (Wildman–Crippen MR) is 56.8 cm³/mol. The molecule has 0 atom stereocenters. The van der Waals surface area contributed by atoms with Gasteiger partial charge in [-0.1, -0.05) is 11.6 Å². The number of ether oxygens (including phenoxy) is 1. The van der Waals surface area contributed by atoms with E-state index in [0.29, 0.717) is 5.02 Å². The first-order valence-corrected chi connectivity index (χ1v) is 4.70. The van der Waals surface area contributed by atoms with Crippen LogP contribution < -0.4 is 5.73 Å². The molecule has 1 aromatic rings. The minimum absolute atomic E-state index is 0.160. The third-order valence-electron chi connectivity index (χ3n) is 1.72. The predicted octanol–water partition coefficient (Wildman–Crippen LogP) is 1.67. The van der Waals surface area contributed by atoms with E-state index < -0.39 is 11.8 Å². The first-order valence-electron chi connectivity index (χ1n) is 4.32. The quantitative estimate of drug-likeness (QED) is 0.369. The number of hydrogen-bond acceptors (Lipinski definition) is 4. The molecule has 0 aliphatic heterocycles. The molecule has 0 aliphatic carbocycles. The molecule has 4 nitrogen and oxygen atoms in total. The lowest BCUT2D eigenvalue weighted by atomic mass is 10.1. The van der Waals surface area contributed by atoms with Crippen molar-refractivity contribution in [1.29, 1.82) is 0 Å². The highest BCUT2D eigenvalue weighted by molar-refractivity contribution is 6.41. The molecule has 0 spiro atoms. The van der Waals surface area contributed by atoms with Crippen molar-refractivity contribution in [2.24, 2.45) is 0 Å². The van der Waals surface area contributed by atoms with Crippen LogP contribution in [0.25, 0.3) is 0 Å². The molecule has 0 aliphatic rings. The van der Waals surface area contributed by atoms with E-state index >= 15 is 0 Å². The van der Waals surface area contributed by atoms with Gasteiger partial charge < -0.3 is 10.5 Å². The number of halogens is 1. The molecule has 0 saturated heterocycles. The maximum absolute atomic E-state index is 11.4. The molecule has 0 bridgehead atoms. The molecule has 0 aromatic heterocycles. The normalized spacial score (nSPS) is 9.73. The number of carbonyl (C=O) groups is 2. The number of rotatable bonds is 3. The highest BCUT2D eigenvalue weighted by atomic mass is 35.5. The van der Waals surface area contributed by atoms with Crippen LogP contribution in [0.15, 0.2) is 18.2 Å². The Hall–Kier alpha value is -1.55. The topological polar surface area (TPSA) is 69.4 Å². The standard InChI is InChI=1S/C10H10ClNO3/c1-2-15-10(14)9(13)6-3-4-7(11)8(12)5-6/h3-5H,2,12H2,1H3. The molecule has 0 radical (unpaired) electrons. The van der Waals surface area contributed by atoms with Crippen LogP contribution in [0.3, 0.4) is 0 Å². The van der Waals surface area contributed by atoms with Crippen LogP contribution in [0, 0.1) is 0 Å². The number of esters is 1. The molecule has 1 aromatic carbocycles. The number of carbonyl (C=O) groups excluding carboxylic acids is 2. The van der Waals surface area contributed by atoms with Gasteiger partial charge in [-0.15, -0.1) is 0 Å². The summed E-state index contributed by atoms with van der Waals surface area (Å²) < 4.78 is 4.57. The van der Waals surface area contributed by atoms with Crippen molar-refractivity contribution in [2.45, 2.75) is 6.92 Å². The maximum Gasteiger partial charge on any atom is 0.379 e. The number of nitrogens with two attached hydrogens (primary N) is 1. The summed E-state index contributed by atoms with van der Waals surface area (Å²) >= 11 is 5.67. The van der Waals surface area contributed by atoms with Crippen LogP contribution in [0.1, 0.15) is 17.3 Å². The van der Waals surface area contributed by atoms with Gasteiger partial charge in [0.2, 0.25) is 0 Å². The molecule has 2 N–H and O–H groups in total. The molecule has 0 unspecified atom stereocenters. The Labute approximate surface area is 92.0 Å². The zero-order valence-corrected chi connectivity index (χ0v) is 8.88. The van der Waals surface area contributed by atoms with Gasteiger partial charge in [-0.3, -0.25) is 4.79 Å². The summed E-state index contributed by atoms with van der Waals surface area (Å²) in [5, 5.41) is 0.343. The largest absolute Gasteiger partial charge is 0.460 e. The summed E-state index contributed by atoms with van der Waals surface area (Å²) in [5.41, 5.74) is 5.93. The van der Waals surface area contributed by atoms with E-state index in [1.807, 2.05) is 0 Å². The summed E-state index contributed by atoms with van der Waals surface area (Å²) in [6.45, 7) is 1.79. The fourth-order valence-corrected chi connectivity index (χ4v) is 1.12. The Balaban J connectivity index is 2.92. The third-order valence-corrected chi connectivity index (χ3v) is 2.06. The van der Waals surface area contributed by atoms with Gasteiger partial charge in [-0.25, -0.2) is 4.79 Å². The first-order chi connectivity index (χ1) is 7.06. The minimum Gasteiger partial charge on any atom is -0.460 e. The summed E-state index contributed by atoms with van der Waals surface area (Å²) in [7, 11) is 0. The van der Waals surface area contributed by atoms with Crippen molar-refractivity contribution in [3.8, 4) is 0 Å². The van der Waals surface area contributed by atoms with Crippen LogP contribution in [0.5, 0.6) is 0 Å². The monoisotopic (exact) mass is 227 g/mol. The van der Waals surface area contributed by atoms with Crippen molar-refractivity contribution >= 4 is 29.0 Å². The van der Waals surface area contributed by atoms with Crippen molar-refractivity contribution in [1.82, 2.24) is 0 Å². The van der Waals surface area contributed by atoms with Gasteiger partial charge in [-0.2, -0.15) is 0 Å². The molecule has 15 heavy (non-hydrogen) atoms. The lowest BCUT2D eigenvalue weighted by Crippen LogP contribution is -2.17. The van der Waals surface area contributed by atoms with Crippen LogP contribution in [-0.4, -0.2) is 18.4 Å². The second kappa shape index (κ2) is 4.79. The fraction of sp³-hybridized carbons (Fsp3) is 0.200. The summed E-state index contributed by atoms with van der Waals surface area (Å²) in [6.07, 6.45) is 0. The third kappa shape index (κ3) is 2.70. The maximum atomic E-state index is 11.4. The van der Waals surface area contributed by atoms with Gasteiger partial charge in [-0.05, 0) is 25.1 Å². The van der Waals surface area contributed by atoms with Crippen LogP contribution in [0.4, 0.5) is 5.69 Å². The van der Waals surface area contributed by atoms with Gasteiger partial charge >= 0.3 is 5.97 Å². The zero-order chi connectivity index (χ0) is 11.4. The van der Waals surface area contributed by atoms with Crippen LogP contribution in [-0.2, 0) is 9.53 Å². The van der Waals surface area contributed by atoms with Gasteiger partial charge in [0.15, 0.2) is 0 Å². The summed E-state index contributed by atoms with van der Waals surface area (Å²) in [6, 6.07) is 4.24. The first kappa shape index (κ1) is 11.5. The number of Topliss-reactive ketones (excluding diaryl/α,β-unsaturated/α-hetero) is 1. The van der Waals surface area contributed by atoms with E-state index in [4.69, 9.17) is 17.3 Å². The van der Waals surface area contributed by atoms with Crippen molar-refractivity contribution < 1.29 is 14.3 Å². The Bertz CT molecular complexity index is 404. The lowest BCUT2D eigenvalue weighted by molar-refractivity contribution is -0.137. The van der Waals surface area contributed by atoms with Crippen LogP contribution in [0.2, 0.25) is 5.02 Å². The van der Waals surface area contributed by atoms with Crippen LogP contribution >= 0.6 is 11.6 Å². The molecule has 0 heterocycles. The van der Waals surface area contributed by atoms with E-state index in [1.165, 1.54) is 18.2 Å². The van der Waals surface area contributed by atoms with Gasteiger partial charge in [0.1, 0.15) is 0 Å². The fourth-order valence-electron chi connectivity index (χ4n) is 0.999. The highest BCUT2D eigenvalue weighted by Crippen LogP contribution is 2.19. The Morgan fingerprint density at radius 1 is 1.47 bits per heavy atom. The van der Waals surface area contributed by atoms with E-state index in [-0.39, 0.29) is 17.9 Å². The summed E-state index contributed by atoms with van der Waals surface area (Å²) in [5.74, 6) is -1.61. The lowest BCUT2D eigenvalue weighted by Gasteiger charge is -2.02. The SMILES string of the molecule is CCOC(=O)C(=O)c1ccc(Cl)c(N)c1. The number of anilines is 1. The number of ketones is 1. The van der Waals surface area contributed by atoms with Crippen molar-refractivity contribution in [3.05, 3.63) is 28.8 Å². The summed E-state index contributed by atoms with van der Waals surface area (Å²) in [4.78, 5) is 22.5. The molecule has 80 valence electrons. The average Bonchev–Trinajstić information content (AvgIpc) is 2.21. The molecule has 5 heteroatoms. The highest BCUT2D eigenvalue weighted by Gasteiger charge is 2.17. The molecular formula is C10H10ClNO3. The second-order valence-corrected chi connectivity index (χ2v) is 3.19. The van der Waals surface area contributed by atoms with Crippen molar-refractivity contribution in [3.63, 3.8) is 0 Å². The molecule has 0 saturated carbocycles. The Morgan fingerprint density at radius 2 is 2.13 bits per heavy atom. The van der Waals surface area contributed by atoms with E-state index in [2.05, 4.69) is 4.74 Å². The number of nitrogen functional groups attached to an aromatic ring is 1. The van der Waals surface area contributed by atoms with Gasteiger partial charge in [0.05, 0.1) is 17.3 Å². The van der Waals surface area contributed by atoms with E-state index in [1.54, 1.807) is 6.92 Å². The Kier molecular flexibility index (Phi) is 3.68. The minimum atomic E-state index is -0.890. The molecule has 1 rings (SSSR count). The smallest absolute Gasteiger partial charge is 0.379 e. The number of benzene rings is 1. The second-order valence-electron chi connectivity index (χ2n) is 2.79. The average molecular weight is 228 g/mol. The van der Waals surface area contributed by atoms with Gasteiger partial charge in [0, 0.05) is 5.56 Å². The molecule has 0 fully saturated rings. The number of hydrogen-bond donors (Lipinski definition) is 1. The van der Waals surface area contributed by atoms with Crippen molar-refractivity contribution in [2.75, 3.05) is 12.3 Å². The zero-order valence-electron chi connectivity index (χ0n) is 8.12.